The average Bonchev–Trinajstić information content (AvgIpc) is 3.05. The van der Waals surface area contributed by atoms with Gasteiger partial charge < -0.3 is 5.32 Å². The summed E-state index contributed by atoms with van der Waals surface area (Å²) in [6, 6.07) is 19.6. The molecule has 0 fully saturated rings. The Morgan fingerprint density at radius 2 is 1.81 bits per heavy atom. The van der Waals surface area contributed by atoms with Gasteiger partial charge >= 0.3 is 0 Å². The Bertz CT molecular complexity index is 1090. The summed E-state index contributed by atoms with van der Waals surface area (Å²) >= 11 is 1.41. The summed E-state index contributed by atoms with van der Waals surface area (Å²) < 4.78 is 2.01. The van der Waals surface area contributed by atoms with Crippen LogP contribution in [0.25, 0.3) is 16.6 Å². The Kier molecular flexibility index (Phi) is 4.34. The minimum Gasteiger partial charge on any atom is -0.325 e. The fraction of sp³-hybridized carbons (Fsp3) is 0.150. The van der Waals surface area contributed by atoms with Gasteiger partial charge in [-0.3, -0.25) is 9.20 Å². The number of nitrogens with zero attached hydrogens (tertiary/aromatic N) is 3. The summed E-state index contributed by atoms with van der Waals surface area (Å²) in [5.41, 5.74) is 3.79. The second-order valence-electron chi connectivity index (χ2n) is 6.14. The Labute approximate surface area is 155 Å². The van der Waals surface area contributed by atoms with Crippen LogP contribution >= 0.6 is 11.8 Å². The van der Waals surface area contributed by atoms with Crippen molar-refractivity contribution in [2.75, 3.05) is 5.32 Å². The first-order valence-electron chi connectivity index (χ1n) is 8.39. The van der Waals surface area contributed by atoms with Crippen molar-refractivity contribution in [3.63, 3.8) is 0 Å². The van der Waals surface area contributed by atoms with Crippen LogP contribution < -0.4 is 5.32 Å². The quantitative estimate of drug-likeness (QED) is 0.550. The molecule has 0 radical (unpaired) electrons. The molecule has 0 spiro atoms. The molecular weight excluding hydrogens is 344 g/mol. The Balaban J connectivity index is 1.65. The number of aryl methyl sites for hydroxylation is 1. The van der Waals surface area contributed by atoms with Crippen molar-refractivity contribution >= 4 is 39.9 Å². The van der Waals surface area contributed by atoms with Gasteiger partial charge in [0, 0.05) is 11.1 Å². The van der Waals surface area contributed by atoms with E-state index in [-0.39, 0.29) is 11.2 Å². The number of carbonyl (C=O) groups is 1. The first-order valence-corrected chi connectivity index (χ1v) is 9.27. The lowest BCUT2D eigenvalue weighted by atomic mass is 10.1. The van der Waals surface area contributed by atoms with Crippen LogP contribution in [0.2, 0.25) is 0 Å². The number of aromatic nitrogens is 3. The van der Waals surface area contributed by atoms with Crippen LogP contribution in [0.15, 0.2) is 65.8 Å². The van der Waals surface area contributed by atoms with Crippen molar-refractivity contribution in [1.29, 1.82) is 0 Å². The third kappa shape index (κ3) is 3.04. The van der Waals surface area contributed by atoms with E-state index in [0.29, 0.717) is 5.16 Å². The van der Waals surface area contributed by atoms with Crippen molar-refractivity contribution < 1.29 is 4.79 Å². The molecule has 0 saturated heterocycles. The fourth-order valence-corrected chi connectivity index (χ4v) is 3.80. The Hall–Kier alpha value is -2.86. The lowest BCUT2D eigenvalue weighted by molar-refractivity contribution is -0.115. The lowest BCUT2D eigenvalue weighted by Gasteiger charge is -2.12. The van der Waals surface area contributed by atoms with Crippen LogP contribution in [0.1, 0.15) is 12.5 Å². The molecular formula is C20H18N4OS. The second kappa shape index (κ2) is 6.80. The zero-order valence-corrected chi connectivity index (χ0v) is 15.3. The molecule has 0 saturated carbocycles. The van der Waals surface area contributed by atoms with Gasteiger partial charge in [-0.15, -0.1) is 10.2 Å². The number of amides is 1. The van der Waals surface area contributed by atoms with Gasteiger partial charge in [0.1, 0.15) is 0 Å². The number of hydrogen-bond acceptors (Lipinski definition) is 4. The number of hydrogen-bond donors (Lipinski definition) is 1. The molecule has 5 nitrogen and oxygen atoms in total. The average molecular weight is 362 g/mol. The number of carbonyl (C=O) groups excluding carboxylic acids is 1. The number of benzene rings is 2. The zero-order chi connectivity index (χ0) is 18.1. The SMILES string of the molecule is Cc1cc2nnc(S[C@@H](C)C(=O)Nc3ccccc3)n2c2ccccc12. The summed E-state index contributed by atoms with van der Waals surface area (Å²) in [4.78, 5) is 12.5. The third-order valence-corrected chi connectivity index (χ3v) is 5.31. The van der Waals surface area contributed by atoms with Crippen molar-refractivity contribution in [2.45, 2.75) is 24.3 Å². The van der Waals surface area contributed by atoms with Crippen LogP contribution in [-0.2, 0) is 4.79 Å². The van der Waals surface area contributed by atoms with Gasteiger partial charge in [0.25, 0.3) is 0 Å². The molecule has 2 heterocycles. The highest BCUT2D eigenvalue weighted by Crippen LogP contribution is 2.28. The van der Waals surface area contributed by atoms with E-state index in [1.54, 1.807) is 0 Å². The lowest BCUT2D eigenvalue weighted by Crippen LogP contribution is -2.22. The summed E-state index contributed by atoms with van der Waals surface area (Å²) in [5.74, 6) is -0.0608. The van der Waals surface area contributed by atoms with Crippen LogP contribution in [0, 0.1) is 6.92 Å². The predicted molar refractivity (Wildman–Crippen MR) is 106 cm³/mol. The zero-order valence-electron chi connectivity index (χ0n) is 14.5. The van der Waals surface area contributed by atoms with Gasteiger partial charge in [0.2, 0.25) is 5.91 Å². The van der Waals surface area contributed by atoms with E-state index in [0.717, 1.165) is 27.8 Å². The molecule has 130 valence electrons. The van der Waals surface area contributed by atoms with Crippen molar-refractivity contribution in [2.24, 2.45) is 0 Å². The Morgan fingerprint density at radius 3 is 2.62 bits per heavy atom. The van der Waals surface area contributed by atoms with Crippen molar-refractivity contribution in [3.05, 3.63) is 66.2 Å². The molecule has 0 aliphatic heterocycles. The summed E-state index contributed by atoms with van der Waals surface area (Å²) in [7, 11) is 0. The van der Waals surface area contributed by atoms with Gasteiger partial charge in [-0.05, 0) is 43.7 Å². The summed E-state index contributed by atoms with van der Waals surface area (Å²) in [5, 5.41) is 13.1. The van der Waals surface area contributed by atoms with Crippen LogP contribution in [0.5, 0.6) is 0 Å². The van der Waals surface area contributed by atoms with Crippen molar-refractivity contribution in [1.82, 2.24) is 14.6 Å². The van der Waals surface area contributed by atoms with Gasteiger partial charge in [0.05, 0.1) is 10.8 Å². The van der Waals surface area contributed by atoms with Crippen molar-refractivity contribution in [3.8, 4) is 0 Å². The standard InChI is InChI=1S/C20H18N4OS/c1-13-12-18-22-23-20(24(18)17-11-7-6-10-16(13)17)26-14(2)19(25)21-15-8-4-3-5-9-15/h3-12,14H,1-2H3,(H,21,25)/t14-/m0/s1. The number of para-hydroxylation sites is 2. The van der Waals surface area contributed by atoms with E-state index in [4.69, 9.17) is 0 Å². The van der Waals surface area contributed by atoms with Crippen LogP contribution in [-0.4, -0.2) is 25.8 Å². The Morgan fingerprint density at radius 1 is 1.08 bits per heavy atom. The number of pyridine rings is 1. The smallest absolute Gasteiger partial charge is 0.237 e. The van der Waals surface area contributed by atoms with E-state index in [9.17, 15) is 4.79 Å². The number of nitrogens with one attached hydrogen (secondary N) is 1. The topological polar surface area (TPSA) is 59.3 Å². The minimum absolute atomic E-state index is 0.0608. The number of rotatable bonds is 4. The summed E-state index contributed by atoms with van der Waals surface area (Å²) in [6.45, 7) is 3.94. The largest absolute Gasteiger partial charge is 0.325 e. The van der Waals surface area contributed by atoms with E-state index in [2.05, 4.69) is 34.6 Å². The molecule has 1 atom stereocenters. The minimum atomic E-state index is -0.303. The van der Waals surface area contributed by atoms with Gasteiger partial charge in [-0.1, -0.05) is 48.2 Å². The van der Waals surface area contributed by atoms with Crippen LogP contribution in [0.3, 0.4) is 0 Å². The molecule has 0 bridgehead atoms. The first-order chi connectivity index (χ1) is 12.6. The number of fused-ring (bicyclic) bond motifs is 3. The van der Waals surface area contributed by atoms with Gasteiger partial charge in [-0.2, -0.15) is 0 Å². The molecule has 4 aromatic rings. The van der Waals surface area contributed by atoms with Gasteiger partial charge in [0.15, 0.2) is 10.8 Å². The molecule has 0 unspecified atom stereocenters. The first kappa shape index (κ1) is 16.6. The molecule has 1 N–H and O–H groups in total. The molecule has 26 heavy (non-hydrogen) atoms. The molecule has 0 aliphatic carbocycles. The highest BCUT2D eigenvalue weighted by atomic mass is 32.2. The molecule has 1 amide bonds. The molecule has 2 aromatic heterocycles. The van der Waals surface area contributed by atoms with Crippen LogP contribution in [0.4, 0.5) is 5.69 Å². The van der Waals surface area contributed by atoms with Gasteiger partial charge in [-0.25, -0.2) is 0 Å². The fourth-order valence-electron chi connectivity index (χ4n) is 2.93. The van der Waals surface area contributed by atoms with E-state index in [1.165, 1.54) is 11.8 Å². The normalized spacial score (nSPS) is 12.4. The predicted octanol–water partition coefficient (Wildman–Crippen LogP) is 4.31. The molecule has 6 heteroatoms. The number of anilines is 1. The highest BCUT2D eigenvalue weighted by molar-refractivity contribution is 8.00. The maximum atomic E-state index is 12.5. The third-order valence-electron chi connectivity index (χ3n) is 4.27. The molecule has 2 aromatic carbocycles. The number of thioether (sulfide) groups is 1. The van der Waals surface area contributed by atoms with E-state index in [1.807, 2.05) is 59.9 Å². The van der Waals surface area contributed by atoms with E-state index < -0.39 is 0 Å². The van der Waals surface area contributed by atoms with E-state index >= 15 is 0 Å². The monoisotopic (exact) mass is 362 g/mol. The highest BCUT2D eigenvalue weighted by Gasteiger charge is 2.19. The summed E-state index contributed by atoms with van der Waals surface area (Å²) in [6.07, 6.45) is 0. The maximum Gasteiger partial charge on any atom is 0.237 e. The second-order valence-corrected chi connectivity index (χ2v) is 7.44. The molecule has 4 rings (SSSR count). The maximum absolute atomic E-state index is 12.5. The molecule has 0 aliphatic rings.